The van der Waals surface area contributed by atoms with Gasteiger partial charge in [0.15, 0.2) is 0 Å². The van der Waals surface area contributed by atoms with Gasteiger partial charge in [0.2, 0.25) is 0 Å². The molecule has 124 valence electrons. The highest BCUT2D eigenvalue weighted by atomic mass is 19.4. The third-order valence-electron chi connectivity index (χ3n) is 4.05. The van der Waals surface area contributed by atoms with E-state index in [2.05, 4.69) is 0 Å². The Kier molecular flexibility index (Phi) is 4.10. The zero-order valence-electron chi connectivity index (χ0n) is 11.7. The summed E-state index contributed by atoms with van der Waals surface area (Å²) in [7, 11) is 0. The predicted octanol–water partition coefficient (Wildman–Crippen LogP) is 3.11. The summed E-state index contributed by atoms with van der Waals surface area (Å²) in [6.45, 7) is 0. The van der Waals surface area contributed by atoms with E-state index in [1.54, 1.807) is 0 Å². The first-order valence-electron chi connectivity index (χ1n) is 6.63. The van der Waals surface area contributed by atoms with Crippen LogP contribution in [0.1, 0.15) is 30.4 Å². The first kappa shape index (κ1) is 16.9. The second kappa shape index (κ2) is 5.60. The van der Waals surface area contributed by atoms with E-state index in [0.29, 0.717) is 0 Å². The van der Waals surface area contributed by atoms with Crippen LogP contribution in [0.15, 0.2) is 35.6 Å². The van der Waals surface area contributed by atoms with E-state index in [9.17, 15) is 33.0 Å². The molecule has 2 rings (SSSR count). The molecule has 1 aromatic carbocycles. The SMILES string of the molecule is O=C(O)C1=C(O)CCC(C(=O)O)(c2ccc(C(F)(F)F)cc2)C1. The van der Waals surface area contributed by atoms with Gasteiger partial charge in [0.05, 0.1) is 16.6 Å². The van der Waals surface area contributed by atoms with Crippen molar-refractivity contribution in [3.05, 3.63) is 46.7 Å². The number of alkyl halides is 3. The van der Waals surface area contributed by atoms with Crippen LogP contribution in [-0.2, 0) is 21.2 Å². The molecule has 0 saturated carbocycles. The second-order valence-corrected chi connectivity index (χ2v) is 5.37. The molecule has 0 spiro atoms. The van der Waals surface area contributed by atoms with Crippen LogP contribution in [0.2, 0.25) is 0 Å². The van der Waals surface area contributed by atoms with Gasteiger partial charge in [-0.05, 0) is 24.1 Å². The topological polar surface area (TPSA) is 94.8 Å². The number of carboxylic acid groups (broad SMARTS) is 2. The summed E-state index contributed by atoms with van der Waals surface area (Å²) >= 11 is 0. The Morgan fingerprint density at radius 1 is 1.09 bits per heavy atom. The lowest BCUT2D eigenvalue weighted by atomic mass is 9.68. The molecule has 3 N–H and O–H groups in total. The molecule has 0 radical (unpaired) electrons. The van der Waals surface area contributed by atoms with Crippen molar-refractivity contribution in [1.82, 2.24) is 0 Å². The molecule has 0 amide bonds. The number of hydrogen-bond acceptors (Lipinski definition) is 3. The summed E-state index contributed by atoms with van der Waals surface area (Å²) in [5.41, 5.74) is -2.96. The Bertz CT molecular complexity index is 675. The van der Waals surface area contributed by atoms with E-state index in [0.717, 1.165) is 24.3 Å². The quantitative estimate of drug-likeness (QED) is 0.791. The summed E-state index contributed by atoms with van der Waals surface area (Å²) in [6, 6.07) is 3.61. The molecular weight excluding hydrogens is 317 g/mol. The van der Waals surface area contributed by atoms with Crippen molar-refractivity contribution >= 4 is 11.9 Å². The maximum atomic E-state index is 12.6. The molecule has 5 nitrogen and oxygen atoms in total. The number of rotatable bonds is 3. The molecule has 23 heavy (non-hydrogen) atoms. The fourth-order valence-electron chi connectivity index (χ4n) is 2.70. The van der Waals surface area contributed by atoms with Gasteiger partial charge in [-0.15, -0.1) is 0 Å². The van der Waals surface area contributed by atoms with Gasteiger partial charge in [0.1, 0.15) is 5.76 Å². The lowest BCUT2D eigenvalue weighted by Gasteiger charge is -2.34. The monoisotopic (exact) mass is 330 g/mol. The summed E-state index contributed by atoms with van der Waals surface area (Å²) in [5.74, 6) is -3.19. The number of carbonyl (C=O) groups is 2. The highest BCUT2D eigenvalue weighted by Gasteiger charge is 2.46. The van der Waals surface area contributed by atoms with E-state index in [-0.39, 0.29) is 18.4 Å². The van der Waals surface area contributed by atoms with Gasteiger partial charge in [-0.2, -0.15) is 13.2 Å². The summed E-state index contributed by atoms with van der Waals surface area (Å²) in [5, 5.41) is 28.2. The molecule has 0 aromatic heterocycles. The van der Waals surface area contributed by atoms with Crippen LogP contribution in [0.4, 0.5) is 13.2 Å². The van der Waals surface area contributed by atoms with Crippen LogP contribution in [0.25, 0.3) is 0 Å². The Morgan fingerprint density at radius 3 is 2.09 bits per heavy atom. The number of hydrogen-bond donors (Lipinski definition) is 3. The molecule has 1 aliphatic carbocycles. The molecule has 1 unspecified atom stereocenters. The number of halogens is 3. The minimum Gasteiger partial charge on any atom is -0.512 e. The van der Waals surface area contributed by atoms with E-state index >= 15 is 0 Å². The van der Waals surface area contributed by atoms with Crippen molar-refractivity contribution in [2.24, 2.45) is 0 Å². The summed E-state index contributed by atoms with van der Waals surface area (Å²) in [6.07, 6.45) is -5.31. The van der Waals surface area contributed by atoms with Crippen molar-refractivity contribution in [1.29, 1.82) is 0 Å². The first-order chi connectivity index (χ1) is 10.6. The lowest BCUT2D eigenvalue weighted by Crippen LogP contribution is -2.40. The molecule has 0 saturated heterocycles. The molecule has 1 aromatic rings. The van der Waals surface area contributed by atoms with Gasteiger partial charge in [-0.1, -0.05) is 12.1 Å². The highest BCUT2D eigenvalue weighted by Crippen LogP contribution is 2.42. The predicted molar refractivity (Wildman–Crippen MR) is 71.9 cm³/mol. The Labute approximate surface area is 128 Å². The number of allylic oxidation sites excluding steroid dienone is 1. The first-order valence-corrected chi connectivity index (χ1v) is 6.63. The second-order valence-electron chi connectivity index (χ2n) is 5.37. The minimum absolute atomic E-state index is 0.0734. The van der Waals surface area contributed by atoms with E-state index in [4.69, 9.17) is 5.11 Å². The standard InChI is InChI=1S/C15H13F3O5/c16-15(17,18)9-3-1-8(2-4-9)14(13(22)23)6-5-11(19)10(7-14)12(20)21/h1-4,19H,5-7H2,(H,20,21)(H,22,23). The van der Waals surface area contributed by atoms with Gasteiger partial charge in [-0.3, -0.25) is 4.79 Å². The number of benzene rings is 1. The van der Waals surface area contributed by atoms with E-state index in [1.807, 2.05) is 0 Å². The summed E-state index contributed by atoms with van der Waals surface area (Å²) in [4.78, 5) is 22.8. The zero-order chi connectivity index (χ0) is 17.4. The molecule has 0 heterocycles. The van der Waals surface area contributed by atoms with E-state index < -0.39 is 46.8 Å². The van der Waals surface area contributed by atoms with Crippen molar-refractivity contribution < 1.29 is 38.1 Å². The molecule has 0 bridgehead atoms. The third-order valence-corrected chi connectivity index (χ3v) is 4.05. The lowest BCUT2D eigenvalue weighted by molar-refractivity contribution is -0.144. The maximum Gasteiger partial charge on any atom is 0.416 e. The number of carboxylic acids is 2. The smallest absolute Gasteiger partial charge is 0.416 e. The molecule has 1 aliphatic rings. The average molecular weight is 330 g/mol. The van der Waals surface area contributed by atoms with Gasteiger partial charge >= 0.3 is 18.1 Å². The van der Waals surface area contributed by atoms with E-state index in [1.165, 1.54) is 0 Å². The van der Waals surface area contributed by atoms with Crippen LogP contribution >= 0.6 is 0 Å². The average Bonchev–Trinajstić information content (AvgIpc) is 2.46. The van der Waals surface area contributed by atoms with Gasteiger partial charge in [0.25, 0.3) is 0 Å². The summed E-state index contributed by atoms with van der Waals surface area (Å²) < 4.78 is 37.8. The Hall–Kier alpha value is -2.51. The molecule has 1 atom stereocenters. The largest absolute Gasteiger partial charge is 0.512 e. The maximum absolute atomic E-state index is 12.6. The van der Waals surface area contributed by atoms with Gasteiger partial charge < -0.3 is 15.3 Å². The number of aliphatic carboxylic acids is 2. The fourth-order valence-corrected chi connectivity index (χ4v) is 2.70. The van der Waals surface area contributed by atoms with Crippen molar-refractivity contribution in [3.8, 4) is 0 Å². The zero-order valence-corrected chi connectivity index (χ0v) is 11.7. The van der Waals surface area contributed by atoms with Crippen LogP contribution in [-0.4, -0.2) is 27.3 Å². The van der Waals surface area contributed by atoms with Crippen LogP contribution in [0.5, 0.6) is 0 Å². The fraction of sp³-hybridized carbons (Fsp3) is 0.333. The van der Waals surface area contributed by atoms with Crippen molar-refractivity contribution in [2.75, 3.05) is 0 Å². The highest BCUT2D eigenvalue weighted by molar-refractivity contribution is 5.91. The Balaban J connectivity index is 2.48. The van der Waals surface area contributed by atoms with Crippen molar-refractivity contribution in [2.45, 2.75) is 30.9 Å². The minimum atomic E-state index is -4.55. The number of aliphatic hydroxyl groups is 1. The van der Waals surface area contributed by atoms with Crippen LogP contribution in [0.3, 0.4) is 0 Å². The molecule has 0 fully saturated rings. The normalized spacial score (nSPS) is 22.0. The van der Waals surface area contributed by atoms with Crippen LogP contribution in [0, 0.1) is 0 Å². The Morgan fingerprint density at radius 2 is 1.65 bits per heavy atom. The van der Waals surface area contributed by atoms with Gasteiger partial charge in [-0.25, -0.2) is 4.79 Å². The van der Waals surface area contributed by atoms with Crippen LogP contribution < -0.4 is 0 Å². The number of aliphatic hydroxyl groups excluding tert-OH is 1. The van der Waals surface area contributed by atoms with Gasteiger partial charge in [0, 0.05) is 12.8 Å². The molecule has 0 aliphatic heterocycles. The molecule has 8 heteroatoms. The third kappa shape index (κ3) is 3.01. The molecular formula is C15H13F3O5. The van der Waals surface area contributed by atoms with Crippen molar-refractivity contribution in [3.63, 3.8) is 0 Å².